The largest absolute Gasteiger partial charge is 0.488 e. The molecule has 1 aromatic carbocycles. The number of aryl methyl sites for hydroxylation is 1. The molecule has 1 saturated heterocycles. The minimum atomic E-state index is -0.447. The Bertz CT molecular complexity index is 696. The van der Waals surface area contributed by atoms with Crippen molar-refractivity contribution in [1.29, 1.82) is 0 Å². The van der Waals surface area contributed by atoms with Gasteiger partial charge in [0.2, 0.25) is 0 Å². The first-order valence-corrected chi connectivity index (χ1v) is 7.33. The lowest BCUT2D eigenvalue weighted by Gasteiger charge is -2.15. The van der Waals surface area contributed by atoms with E-state index >= 15 is 0 Å². The Labute approximate surface area is 134 Å². The Balaban J connectivity index is 1.89. The van der Waals surface area contributed by atoms with Crippen molar-refractivity contribution in [2.24, 2.45) is 0 Å². The highest BCUT2D eigenvalue weighted by Gasteiger charge is 2.25. The van der Waals surface area contributed by atoms with E-state index in [1.54, 1.807) is 18.3 Å². The van der Waals surface area contributed by atoms with Gasteiger partial charge in [0.05, 0.1) is 19.4 Å². The predicted octanol–water partition coefficient (Wildman–Crippen LogP) is 2.70. The van der Waals surface area contributed by atoms with Crippen molar-refractivity contribution in [2.45, 2.75) is 13.0 Å². The zero-order chi connectivity index (χ0) is 16.2. The van der Waals surface area contributed by atoms with E-state index in [2.05, 4.69) is 10.3 Å². The van der Waals surface area contributed by atoms with Crippen LogP contribution in [0.15, 0.2) is 36.5 Å². The summed E-state index contributed by atoms with van der Waals surface area (Å²) in [7, 11) is 1.34. The number of ether oxygens (including phenoxy) is 3. The van der Waals surface area contributed by atoms with Crippen molar-refractivity contribution in [3.05, 3.63) is 47.7 Å². The van der Waals surface area contributed by atoms with Gasteiger partial charge >= 0.3 is 5.97 Å². The normalized spacial score (nSPS) is 15.8. The molecule has 0 saturated carbocycles. The summed E-state index contributed by atoms with van der Waals surface area (Å²) in [5.41, 5.74) is 2.09. The number of epoxide rings is 1. The number of carbonyl (C=O) groups is 1. The number of anilines is 2. The second kappa shape index (κ2) is 6.66. The molecule has 2 aromatic rings. The van der Waals surface area contributed by atoms with Crippen LogP contribution in [0.5, 0.6) is 5.75 Å². The Kier molecular flexibility index (Phi) is 4.43. The third-order valence-corrected chi connectivity index (χ3v) is 3.41. The number of hydrogen-bond acceptors (Lipinski definition) is 6. The lowest BCUT2D eigenvalue weighted by molar-refractivity contribution is 0.0595. The fourth-order valence-electron chi connectivity index (χ4n) is 2.08. The van der Waals surface area contributed by atoms with E-state index < -0.39 is 5.97 Å². The molecule has 120 valence electrons. The molecule has 2 heterocycles. The maximum absolute atomic E-state index is 12.0. The van der Waals surface area contributed by atoms with Gasteiger partial charge in [0, 0.05) is 6.20 Å². The average Bonchev–Trinajstić information content (AvgIpc) is 3.39. The first-order chi connectivity index (χ1) is 11.2. The van der Waals surface area contributed by atoms with Crippen LogP contribution in [0, 0.1) is 6.92 Å². The van der Waals surface area contributed by atoms with Crippen molar-refractivity contribution >= 4 is 17.5 Å². The highest BCUT2D eigenvalue weighted by Crippen LogP contribution is 2.32. The first-order valence-electron chi connectivity index (χ1n) is 7.33. The third kappa shape index (κ3) is 3.78. The molecule has 0 spiro atoms. The lowest BCUT2D eigenvalue weighted by atomic mass is 10.1. The summed E-state index contributed by atoms with van der Waals surface area (Å²) >= 11 is 0. The van der Waals surface area contributed by atoms with Crippen LogP contribution < -0.4 is 10.1 Å². The molecule has 1 N–H and O–H groups in total. The van der Waals surface area contributed by atoms with Gasteiger partial charge in [-0.3, -0.25) is 0 Å². The zero-order valence-electron chi connectivity index (χ0n) is 13.0. The molecular weight excluding hydrogens is 296 g/mol. The van der Waals surface area contributed by atoms with Gasteiger partial charge in [-0.2, -0.15) is 0 Å². The number of nitrogens with one attached hydrogen (secondary N) is 1. The van der Waals surface area contributed by atoms with E-state index in [-0.39, 0.29) is 6.10 Å². The standard InChI is InChI=1S/C17H18N2O4/c1-11-6-7-15(18-8-11)19-14-5-3-4-13(17(20)21-2)16(14)23-10-12-9-22-12/h3-8,12H,9-10H2,1-2H3,(H,18,19). The number of benzene rings is 1. The van der Waals surface area contributed by atoms with Gasteiger partial charge in [0.15, 0.2) is 5.75 Å². The van der Waals surface area contributed by atoms with Gasteiger partial charge in [0.25, 0.3) is 0 Å². The van der Waals surface area contributed by atoms with Crippen LogP contribution in [0.2, 0.25) is 0 Å². The molecule has 23 heavy (non-hydrogen) atoms. The molecule has 6 heteroatoms. The Morgan fingerprint density at radius 1 is 1.39 bits per heavy atom. The molecule has 0 bridgehead atoms. The maximum atomic E-state index is 12.0. The predicted molar refractivity (Wildman–Crippen MR) is 85.3 cm³/mol. The lowest BCUT2D eigenvalue weighted by Crippen LogP contribution is -2.11. The van der Waals surface area contributed by atoms with Gasteiger partial charge in [-0.15, -0.1) is 0 Å². The molecule has 0 radical (unpaired) electrons. The van der Waals surface area contributed by atoms with Crippen LogP contribution in [-0.2, 0) is 9.47 Å². The summed E-state index contributed by atoms with van der Waals surface area (Å²) in [6, 6.07) is 9.09. The molecule has 1 unspecified atom stereocenters. The minimum Gasteiger partial charge on any atom is -0.488 e. The van der Waals surface area contributed by atoms with Crippen LogP contribution >= 0.6 is 0 Å². The maximum Gasteiger partial charge on any atom is 0.341 e. The second-order valence-corrected chi connectivity index (χ2v) is 5.29. The van der Waals surface area contributed by atoms with E-state index in [4.69, 9.17) is 14.2 Å². The Hall–Kier alpha value is -2.60. The smallest absolute Gasteiger partial charge is 0.341 e. The number of rotatable bonds is 6. The van der Waals surface area contributed by atoms with Gasteiger partial charge in [0.1, 0.15) is 24.1 Å². The van der Waals surface area contributed by atoms with Crippen molar-refractivity contribution in [1.82, 2.24) is 4.98 Å². The van der Waals surface area contributed by atoms with Crippen molar-refractivity contribution in [2.75, 3.05) is 25.6 Å². The van der Waals surface area contributed by atoms with Crippen LogP contribution in [-0.4, -0.2) is 37.4 Å². The van der Waals surface area contributed by atoms with Crippen molar-refractivity contribution in [3.8, 4) is 5.75 Å². The molecule has 0 amide bonds. The number of hydrogen-bond donors (Lipinski definition) is 1. The number of esters is 1. The Morgan fingerprint density at radius 3 is 2.87 bits per heavy atom. The van der Waals surface area contributed by atoms with Gasteiger partial charge in [-0.25, -0.2) is 9.78 Å². The van der Waals surface area contributed by atoms with E-state index in [0.717, 1.165) is 5.56 Å². The van der Waals surface area contributed by atoms with E-state index in [1.165, 1.54) is 7.11 Å². The first kappa shape index (κ1) is 15.3. The quantitative estimate of drug-likeness (QED) is 0.653. The molecule has 1 aliphatic heterocycles. The topological polar surface area (TPSA) is 73.0 Å². The van der Waals surface area contributed by atoms with E-state index in [1.807, 2.05) is 25.1 Å². The van der Waals surface area contributed by atoms with Gasteiger partial charge in [-0.05, 0) is 30.7 Å². The highest BCUT2D eigenvalue weighted by molar-refractivity contribution is 5.95. The zero-order valence-corrected chi connectivity index (χ0v) is 13.0. The summed E-state index contributed by atoms with van der Waals surface area (Å²) < 4.78 is 15.8. The summed E-state index contributed by atoms with van der Waals surface area (Å²) in [5, 5.41) is 3.18. The number of nitrogens with zero attached hydrogens (tertiary/aromatic N) is 1. The molecule has 1 fully saturated rings. The van der Waals surface area contributed by atoms with E-state index in [9.17, 15) is 4.79 Å². The van der Waals surface area contributed by atoms with Gasteiger partial charge < -0.3 is 19.5 Å². The van der Waals surface area contributed by atoms with Crippen molar-refractivity contribution < 1.29 is 19.0 Å². The highest BCUT2D eigenvalue weighted by atomic mass is 16.6. The number of methoxy groups -OCH3 is 1. The summed E-state index contributed by atoms with van der Waals surface area (Å²) in [5.74, 6) is 0.666. The van der Waals surface area contributed by atoms with Crippen LogP contribution in [0.1, 0.15) is 15.9 Å². The monoisotopic (exact) mass is 314 g/mol. The molecule has 1 atom stereocenters. The van der Waals surface area contributed by atoms with Crippen LogP contribution in [0.4, 0.5) is 11.5 Å². The fourth-order valence-corrected chi connectivity index (χ4v) is 2.08. The SMILES string of the molecule is COC(=O)c1cccc(Nc2ccc(C)cn2)c1OCC1CO1. The molecular formula is C17H18N2O4. The minimum absolute atomic E-state index is 0.0889. The Morgan fingerprint density at radius 2 is 2.22 bits per heavy atom. The molecule has 6 nitrogen and oxygen atoms in total. The van der Waals surface area contributed by atoms with E-state index in [0.29, 0.717) is 36.0 Å². The molecule has 0 aliphatic carbocycles. The average molecular weight is 314 g/mol. The molecule has 1 aliphatic rings. The van der Waals surface area contributed by atoms with Gasteiger partial charge in [-0.1, -0.05) is 12.1 Å². The number of aromatic nitrogens is 1. The molecule has 3 rings (SSSR count). The summed E-state index contributed by atoms with van der Waals surface area (Å²) in [4.78, 5) is 16.3. The van der Waals surface area contributed by atoms with Crippen LogP contribution in [0.25, 0.3) is 0 Å². The number of carbonyl (C=O) groups excluding carboxylic acids is 1. The number of para-hydroxylation sites is 1. The molecule has 1 aromatic heterocycles. The second-order valence-electron chi connectivity index (χ2n) is 5.29. The van der Waals surface area contributed by atoms with Crippen molar-refractivity contribution in [3.63, 3.8) is 0 Å². The third-order valence-electron chi connectivity index (χ3n) is 3.41. The fraction of sp³-hybridized carbons (Fsp3) is 0.294. The van der Waals surface area contributed by atoms with Crippen LogP contribution in [0.3, 0.4) is 0 Å². The summed E-state index contributed by atoms with van der Waals surface area (Å²) in [6.07, 6.45) is 1.86. The summed E-state index contributed by atoms with van der Waals surface area (Å²) in [6.45, 7) is 3.05. The number of pyridine rings is 1.